The third-order valence-corrected chi connectivity index (χ3v) is 11.6. The molecule has 0 fully saturated rings. The van der Waals surface area contributed by atoms with Crippen molar-refractivity contribution in [3.63, 3.8) is 0 Å². The van der Waals surface area contributed by atoms with Crippen molar-refractivity contribution >= 4 is 15.9 Å². The van der Waals surface area contributed by atoms with Crippen molar-refractivity contribution < 1.29 is 22.7 Å². The van der Waals surface area contributed by atoms with E-state index in [9.17, 15) is 13.2 Å². The molecule has 1 aromatic rings. The van der Waals surface area contributed by atoms with Crippen LogP contribution in [0.15, 0.2) is 18.2 Å². The molecule has 0 bridgehead atoms. The summed E-state index contributed by atoms with van der Waals surface area (Å²) in [5, 5.41) is 2.96. The quantitative estimate of drug-likeness (QED) is 0.0655. The molecule has 0 spiro atoms. The van der Waals surface area contributed by atoms with Crippen molar-refractivity contribution in [3.05, 3.63) is 23.8 Å². The molecule has 0 heterocycles. The van der Waals surface area contributed by atoms with E-state index >= 15 is 0 Å². The molecule has 0 radical (unpaired) electrons. The first kappa shape index (κ1) is 51.2. The second-order valence-corrected chi connectivity index (χ2v) is 19.4. The minimum absolute atomic E-state index is 0.176. The molecule has 2 unspecified atom stereocenters. The van der Waals surface area contributed by atoms with E-state index in [2.05, 4.69) is 30.8 Å². The van der Waals surface area contributed by atoms with Gasteiger partial charge in [-0.3, -0.25) is 4.79 Å². The van der Waals surface area contributed by atoms with Gasteiger partial charge in [0.05, 0.1) is 13.4 Å². The molecule has 1 rings (SSSR count). The lowest BCUT2D eigenvalue weighted by atomic mass is 9.98. The Hall–Kier alpha value is -1.80. The summed E-state index contributed by atoms with van der Waals surface area (Å²) >= 11 is 0. The molecule has 0 aliphatic heterocycles. The van der Waals surface area contributed by atoms with Crippen LogP contribution in [0.3, 0.4) is 0 Å². The molecule has 55 heavy (non-hydrogen) atoms. The number of carbonyl (C=O) groups is 1. The molecule has 2 atom stereocenters. The Kier molecular flexibility index (Phi) is 29.1. The van der Waals surface area contributed by atoms with E-state index in [1.807, 2.05) is 39.0 Å². The van der Waals surface area contributed by atoms with Gasteiger partial charge in [0, 0.05) is 6.04 Å². The van der Waals surface area contributed by atoms with Crippen LogP contribution < -0.4 is 19.5 Å². The molecule has 0 saturated heterocycles. The van der Waals surface area contributed by atoms with E-state index in [1.165, 1.54) is 161 Å². The fourth-order valence-corrected chi connectivity index (χ4v) is 8.44. The highest BCUT2D eigenvalue weighted by atomic mass is 32.2. The maximum Gasteiger partial charge on any atom is 0.238 e. The van der Waals surface area contributed by atoms with E-state index in [-0.39, 0.29) is 23.5 Å². The Morgan fingerprint density at radius 1 is 0.655 bits per heavy atom. The van der Waals surface area contributed by atoms with Crippen molar-refractivity contribution in [1.29, 1.82) is 0 Å². The van der Waals surface area contributed by atoms with Gasteiger partial charge in [-0.15, -0.1) is 0 Å². The third kappa shape index (κ3) is 28.3. The molecular weight excluding hydrogens is 705 g/mol. The summed E-state index contributed by atoms with van der Waals surface area (Å²) in [5.41, 5.74) is 0.698. The Labute approximate surface area is 341 Å². The predicted molar refractivity (Wildman–Crippen MR) is 236 cm³/mol. The molecular formula is C47H88N2O5S. The Morgan fingerprint density at radius 2 is 1.05 bits per heavy atom. The van der Waals surface area contributed by atoms with Crippen LogP contribution in [0.1, 0.15) is 220 Å². The normalized spacial score (nSPS) is 13.3. The van der Waals surface area contributed by atoms with Crippen LogP contribution in [-0.4, -0.2) is 45.4 Å². The lowest BCUT2D eigenvalue weighted by molar-refractivity contribution is -0.124. The molecule has 0 aliphatic carbocycles. The fourth-order valence-electron chi connectivity index (χ4n) is 7.60. The van der Waals surface area contributed by atoms with Gasteiger partial charge in [0.15, 0.2) is 11.5 Å². The minimum Gasteiger partial charge on any atom is -0.493 e. The number of carbonyl (C=O) groups excluding carboxylic acids is 1. The average Bonchev–Trinajstić information content (AvgIpc) is 3.12. The van der Waals surface area contributed by atoms with Crippen molar-refractivity contribution in [3.8, 4) is 11.5 Å². The first-order valence-electron chi connectivity index (χ1n) is 22.9. The molecule has 7 nitrogen and oxygen atoms in total. The summed E-state index contributed by atoms with van der Waals surface area (Å²) in [5.74, 6) is 0.894. The van der Waals surface area contributed by atoms with Gasteiger partial charge in [0.25, 0.3) is 0 Å². The summed E-state index contributed by atoms with van der Waals surface area (Å²) in [6.07, 6.45) is 39.2. The number of benzene rings is 1. The smallest absolute Gasteiger partial charge is 0.238 e. The number of rotatable bonds is 37. The maximum absolute atomic E-state index is 12.8. The van der Waals surface area contributed by atoms with Crippen LogP contribution in [-0.2, 0) is 21.2 Å². The summed E-state index contributed by atoms with van der Waals surface area (Å²) in [6, 6.07) is 4.91. The Balaban J connectivity index is 2.09. The van der Waals surface area contributed by atoms with E-state index in [4.69, 9.17) is 9.47 Å². The average molecular weight is 793 g/mol. The van der Waals surface area contributed by atoms with Gasteiger partial charge in [-0.1, -0.05) is 187 Å². The van der Waals surface area contributed by atoms with E-state index in [1.54, 1.807) is 7.11 Å². The fraction of sp³-hybridized carbons (Fsp3) is 0.851. The monoisotopic (exact) mass is 793 g/mol. The van der Waals surface area contributed by atoms with E-state index < -0.39 is 16.1 Å². The van der Waals surface area contributed by atoms with Gasteiger partial charge in [-0.05, 0) is 63.6 Å². The van der Waals surface area contributed by atoms with Crippen LogP contribution in [0, 0.1) is 5.92 Å². The highest BCUT2D eigenvalue weighted by Crippen LogP contribution is 2.33. The van der Waals surface area contributed by atoms with Gasteiger partial charge in [0.2, 0.25) is 15.9 Å². The van der Waals surface area contributed by atoms with Crippen LogP contribution in [0.4, 0.5) is 0 Å². The Bertz CT molecular complexity index is 1200. The van der Waals surface area contributed by atoms with Crippen LogP contribution >= 0.6 is 0 Å². The van der Waals surface area contributed by atoms with Crippen LogP contribution in [0.5, 0.6) is 11.5 Å². The highest BCUT2D eigenvalue weighted by Gasteiger charge is 2.27. The number of hydrogen-bond acceptors (Lipinski definition) is 5. The molecule has 1 aromatic carbocycles. The number of amides is 1. The van der Waals surface area contributed by atoms with Crippen molar-refractivity contribution in [2.75, 3.05) is 13.4 Å². The summed E-state index contributed by atoms with van der Waals surface area (Å²) in [4.78, 5) is 12.8. The third-order valence-electron chi connectivity index (χ3n) is 11.0. The lowest BCUT2D eigenvalue weighted by Gasteiger charge is -2.28. The van der Waals surface area contributed by atoms with Gasteiger partial charge < -0.3 is 14.8 Å². The molecule has 322 valence electrons. The van der Waals surface area contributed by atoms with Crippen molar-refractivity contribution in [2.24, 2.45) is 5.92 Å². The molecule has 2 N–H and O–H groups in total. The number of sulfonamides is 1. The number of ether oxygens (including phenoxy) is 2. The second-order valence-electron chi connectivity index (χ2n) is 17.7. The highest BCUT2D eigenvalue weighted by molar-refractivity contribution is 7.88. The van der Waals surface area contributed by atoms with Gasteiger partial charge in [0.1, 0.15) is 11.6 Å². The largest absolute Gasteiger partial charge is 0.493 e. The minimum atomic E-state index is -3.50. The van der Waals surface area contributed by atoms with E-state index in [0.29, 0.717) is 12.2 Å². The summed E-state index contributed by atoms with van der Waals surface area (Å²) in [7, 11) is -1.85. The molecule has 0 saturated carbocycles. The van der Waals surface area contributed by atoms with Gasteiger partial charge >= 0.3 is 0 Å². The number of nitrogens with one attached hydrogen (secondary N) is 2. The molecule has 0 aliphatic rings. The van der Waals surface area contributed by atoms with E-state index in [0.717, 1.165) is 30.4 Å². The first-order chi connectivity index (χ1) is 26.3. The number of hydrogen-bond donors (Lipinski definition) is 2. The number of methoxy groups -OCH3 is 1. The topological polar surface area (TPSA) is 93.7 Å². The van der Waals surface area contributed by atoms with Gasteiger partial charge in [-0.25, -0.2) is 13.1 Å². The molecule has 1 amide bonds. The van der Waals surface area contributed by atoms with Crippen molar-refractivity contribution in [1.82, 2.24) is 10.0 Å². The van der Waals surface area contributed by atoms with Crippen molar-refractivity contribution in [2.45, 2.75) is 239 Å². The first-order valence-corrected chi connectivity index (χ1v) is 24.8. The molecule has 0 aromatic heterocycles. The zero-order chi connectivity index (χ0) is 40.8. The summed E-state index contributed by atoms with van der Waals surface area (Å²) < 4.78 is 38.1. The standard InChI is InChI=1S/C47H88N2O5S/c1-9-10-11-12-13-14-15-16-17-18-19-20-21-22-23-24-25-26-27-28-29-30-31-32-33-34-37-47(5,6)54-43-36-35-42(39-44(43)53-7)38-41(4)48-46(50)45(40(2)3)49-55(8,51)52/h35-36,39-41,45,49H,9-34,37-38H2,1-8H3,(H,48,50). The zero-order valence-electron chi connectivity index (χ0n) is 37.2. The van der Waals surface area contributed by atoms with Crippen LogP contribution in [0.2, 0.25) is 0 Å². The second kappa shape index (κ2) is 31.2. The SMILES string of the molecule is CCCCCCCCCCCCCCCCCCCCCCCCCCCCC(C)(C)Oc1ccc(CC(C)NC(=O)C(NS(C)(=O)=O)C(C)C)cc1OC. The lowest BCUT2D eigenvalue weighted by Crippen LogP contribution is -2.51. The summed E-state index contributed by atoms with van der Waals surface area (Å²) in [6.45, 7) is 12.1. The number of unbranched alkanes of at least 4 members (excludes halogenated alkanes) is 25. The van der Waals surface area contributed by atoms with Gasteiger partial charge in [-0.2, -0.15) is 0 Å². The van der Waals surface area contributed by atoms with Crippen LogP contribution in [0.25, 0.3) is 0 Å². The maximum atomic E-state index is 12.8. The zero-order valence-corrected chi connectivity index (χ0v) is 38.0. The molecule has 8 heteroatoms. The predicted octanol–water partition coefficient (Wildman–Crippen LogP) is 13.0. The Morgan fingerprint density at radius 3 is 1.42 bits per heavy atom.